The maximum absolute atomic E-state index is 11.2. The first-order chi connectivity index (χ1) is 7.76. The Morgan fingerprint density at radius 1 is 1.56 bits per heavy atom. The average molecular weight is 224 g/mol. The van der Waals surface area contributed by atoms with Crippen LogP contribution < -0.4 is 5.32 Å². The standard InChI is InChI=1S/C10H16N4O2/c1-2-7-16-10(15)12-8-3-5-9(6-4-8)13-14-11/h2,8-9H,1,3-7H2,(H,12,15). The van der Waals surface area contributed by atoms with Crippen LogP contribution in [-0.4, -0.2) is 24.8 Å². The quantitative estimate of drug-likeness (QED) is 0.344. The number of rotatable bonds is 4. The third kappa shape index (κ3) is 4.23. The zero-order chi connectivity index (χ0) is 11.8. The van der Waals surface area contributed by atoms with E-state index in [9.17, 15) is 4.79 Å². The van der Waals surface area contributed by atoms with Crippen molar-refractivity contribution in [3.05, 3.63) is 23.1 Å². The molecule has 0 bridgehead atoms. The van der Waals surface area contributed by atoms with E-state index >= 15 is 0 Å². The SMILES string of the molecule is C=CCOC(=O)NC1CCC(N=[N+]=[N-])CC1. The third-order valence-electron chi connectivity index (χ3n) is 2.57. The van der Waals surface area contributed by atoms with Crippen molar-refractivity contribution in [3.8, 4) is 0 Å². The number of alkyl carbamates (subject to hydrolysis) is 1. The Bertz CT molecular complexity index is 291. The highest BCUT2D eigenvalue weighted by atomic mass is 16.5. The maximum Gasteiger partial charge on any atom is 0.407 e. The molecule has 0 spiro atoms. The second-order valence-corrected chi connectivity index (χ2v) is 3.74. The fourth-order valence-corrected chi connectivity index (χ4v) is 1.75. The summed E-state index contributed by atoms with van der Waals surface area (Å²) in [6, 6.07) is 0.203. The summed E-state index contributed by atoms with van der Waals surface area (Å²) in [7, 11) is 0. The first-order valence-corrected chi connectivity index (χ1v) is 5.34. The van der Waals surface area contributed by atoms with E-state index in [0.717, 1.165) is 25.7 Å². The van der Waals surface area contributed by atoms with Crippen molar-refractivity contribution < 1.29 is 9.53 Å². The van der Waals surface area contributed by atoms with E-state index in [1.165, 1.54) is 6.08 Å². The van der Waals surface area contributed by atoms with E-state index in [4.69, 9.17) is 10.3 Å². The molecule has 6 nitrogen and oxygen atoms in total. The predicted octanol–water partition coefficient (Wildman–Crippen LogP) is 2.52. The molecule has 0 unspecified atom stereocenters. The lowest BCUT2D eigenvalue weighted by molar-refractivity contribution is 0.150. The van der Waals surface area contributed by atoms with Crippen molar-refractivity contribution in [3.63, 3.8) is 0 Å². The van der Waals surface area contributed by atoms with Gasteiger partial charge in [0.25, 0.3) is 0 Å². The largest absolute Gasteiger partial charge is 0.445 e. The number of ether oxygens (including phenoxy) is 1. The molecule has 1 N–H and O–H groups in total. The Labute approximate surface area is 94.3 Å². The molecule has 6 heteroatoms. The van der Waals surface area contributed by atoms with E-state index in [1.54, 1.807) is 0 Å². The van der Waals surface area contributed by atoms with Gasteiger partial charge in [0, 0.05) is 17.0 Å². The van der Waals surface area contributed by atoms with Crippen LogP contribution in [0.15, 0.2) is 17.8 Å². The summed E-state index contributed by atoms with van der Waals surface area (Å²) in [5, 5.41) is 6.44. The first-order valence-electron chi connectivity index (χ1n) is 5.34. The highest BCUT2D eigenvalue weighted by molar-refractivity contribution is 5.67. The number of carbonyl (C=O) groups is 1. The van der Waals surface area contributed by atoms with Crippen molar-refractivity contribution in [1.82, 2.24) is 5.32 Å². The molecular weight excluding hydrogens is 208 g/mol. The minimum absolute atomic E-state index is 0.0762. The summed E-state index contributed by atoms with van der Waals surface area (Å²) >= 11 is 0. The predicted molar refractivity (Wildman–Crippen MR) is 59.9 cm³/mol. The summed E-state index contributed by atoms with van der Waals surface area (Å²) in [6.45, 7) is 3.68. The average Bonchev–Trinajstić information content (AvgIpc) is 2.29. The summed E-state index contributed by atoms with van der Waals surface area (Å²) in [5.41, 5.74) is 8.29. The van der Waals surface area contributed by atoms with Crippen molar-refractivity contribution in [2.45, 2.75) is 37.8 Å². The maximum atomic E-state index is 11.2. The second kappa shape index (κ2) is 6.74. The normalized spacial score (nSPS) is 24.0. The molecule has 0 aliphatic heterocycles. The second-order valence-electron chi connectivity index (χ2n) is 3.74. The molecule has 16 heavy (non-hydrogen) atoms. The molecule has 0 saturated heterocycles. The number of nitrogens with zero attached hydrogens (tertiary/aromatic N) is 3. The number of hydrogen-bond donors (Lipinski definition) is 1. The number of nitrogens with one attached hydrogen (secondary N) is 1. The molecule has 0 aromatic heterocycles. The Morgan fingerprint density at radius 2 is 2.25 bits per heavy atom. The Morgan fingerprint density at radius 3 is 2.81 bits per heavy atom. The molecule has 0 aromatic rings. The van der Waals surface area contributed by atoms with Gasteiger partial charge in [-0.1, -0.05) is 17.8 Å². The molecule has 0 aromatic carbocycles. The number of azide groups is 1. The summed E-state index contributed by atoms with van der Waals surface area (Å²) < 4.78 is 4.82. The van der Waals surface area contributed by atoms with E-state index in [-0.39, 0.29) is 18.7 Å². The summed E-state index contributed by atoms with van der Waals surface area (Å²) in [4.78, 5) is 14.0. The summed E-state index contributed by atoms with van der Waals surface area (Å²) in [5.74, 6) is 0. The molecule has 1 rings (SSSR count). The van der Waals surface area contributed by atoms with Gasteiger partial charge in [0.05, 0.1) is 0 Å². The molecule has 1 fully saturated rings. The van der Waals surface area contributed by atoms with Crippen LogP contribution in [0.3, 0.4) is 0 Å². The molecule has 1 aliphatic rings. The van der Waals surface area contributed by atoms with Gasteiger partial charge in [0.2, 0.25) is 0 Å². The van der Waals surface area contributed by atoms with Crippen LogP contribution in [0.4, 0.5) is 4.79 Å². The van der Waals surface area contributed by atoms with E-state index in [0.29, 0.717) is 0 Å². The zero-order valence-electron chi connectivity index (χ0n) is 9.13. The fraction of sp³-hybridized carbons (Fsp3) is 0.700. The fourth-order valence-electron chi connectivity index (χ4n) is 1.75. The zero-order valence-corrected chi connectivity index (χ0v) is 9.13. The van der Waals surface area contributed by atoms with Crippen molar-refractivity contribution in [2.75, 3.05) is 6.61 Å². The van der Waals surface area contributed by atoms with Gasteiger partial charge in [-0.05, 0) is 31.2 Å². The van der Waals surface area contributed by atoms with Crippen LogP contribution in [0.2, 0.25) is 0 Å². The van der Waals surface area contributed by atoms with Crippen molar-refractivity contribution in [1.29, 1.82) is 0 Å². The first kappa shape index (κ1) is 12.4. The highest BCUT2D eigenvalue weighted by Gasteiger charge is 2.21. The number of hydrogen-bond acceptors (Lipinski definition) is 3. The van der Waals surface area contributed by atoms with Gasteiger partial charge in [-0.2, -0.15) is 0 Å². The smallest absolute Gasteiger partial charge is 0.407 e. The number of carbonyl (C=O) groups excluding carboxylic acids is 1. The molecule has 1 aliphatic carbocycles. The monoisotopic (exact) mass is 224 g/mol. The summed E-state index contributed by atoms with van der Waals surface area (Å²) in [6.07, 6.45) is 4.40. The number of amides is 1. The molecule has 1 amide bonds. The van der Waals surface area contributed by atoms with E-state index in [2.05, 4.69) is 21.9 Å². The minimum Gasteiger partial charge on any atom is -0.445 e. The Balaban J connectivity index is 2.23. The minimum atomic E-state index is -0.410. The van der Waals surface area contributed by atoms with Crippen LogP contribution >= 0.6 is 0 Å². The van der Waals surface area contributed by atoms with Gasteiger partial charge in [-0.25, -0.2) is 4.79 Å². The lowest BCUT2D eigenvalue weighted by atomic mass is 9.92. The van der Waals surface area contributed by atoms with Gasteiger partial charge in [0.1, 0.15) is 6.61 Å². The van der Waals surface area contributed by atoms with Gasteiger partial charge in [0.15, 0.2) is 0 Å². The van der Waals surface area contributed by atoms with Crippen molar-refractivity contribution in [2.24, 2.45) is 5.11 Å². The van der Waals surface area contributed by atoms with Crippen molar-refractivity contribution >= 4 is 6.09 Å². The molecule has 88 valence electrons. The molecule has 0 heterocycles. The molecule has 0 atom stereocenters. The highest BCUT2D eigenvalue weighted by Crippen LogP contribution is 2.21. The topological polar surface area (TPSA) is 87.1 Å². The van der Waals surface area contributed by atoms with Gasteiger partial charge < -0.3 is 10.1 Å². The van der Waals surface area contributed by atoms with Gasteiger partial charge in [-0.15, -0.1) is 0 Å². The van der Waals surface area contributed by atoms with Crippen LogP contribution in [0.5, 0.6) is 0 Å². The van der Waals surface area contributed by atoms with Gasteiger partial charge >= 0.3 is 6.09 Å². The lowest BCUT2D eigenvalue weighted by Crippen LogP contribution is -2.38. The van der Waals surface area contributed by atoms with E-state index < -0.39 is 6.09 Å². The third-order valence-corrected chi connectivity index (χ3v) is 2.57. The Hall–Kier alpha value is -1.68. The Kier molecular flexibility index (Phi) is 5.22. The van der Waals surface area contributed by atoms with Crippen LogP contribution in [0.1, 0.15) is 25.7 Å². The van der Waals surface area contributed by atoms with Crippen LogP contribution in [-0.2, 0) is 4.74 Å². The molecule has 1 saturated carbocycles. The van der Waals surface area contributed by atoms with Crippen LogP contribution in [0, 0.1) is 0 Å². The molecular formula is C10H16N4O2. The lowest BCUT2D eigenvalue weighted by Gasteiger charge is -2.26. The molecule has 0 radical (unpaired) electrons. The van der Waals surface area contributed by atoms with E-state index in [1.807, 2.05) is 0 Å². The van der Waals surface area contributed by atoms with Crippen LogP contribution in [0.25, 0.3) is 10.4 Å². The van der Waals surface area contributed by atoms with Gasteiger partial charge in [-0.3, -0.25) is 0 Å².